The second-order valence-corrected chi connectivity index (χ2v) is 6.64. The lowest BCUT2D eigenvalue weighted by Gasteiger charge is -2.28. The normalized spacial score (nSPS) is 19.6. The molecule has 1 fully saturated rings. The van der Waals surface area contributed by atoms with Gasteiger partial charge in [0.15, 0.2) is 0 Å². The number of aliphatic hydroxyl groups is 1. The number of aromatic nitrogens is 1. The summed E-state index contributed by atoms with van der Waals surface area (Å²) in [5.74, 6) is 0.0271. The van der Waals surface area contributed by atoms with Crippen LogP contribution in [0, 0.1) is 13.8 Å². The third-order valence-corrected chi connectivity index (χ3v) is 4.20. The van der Waals surface area contributed by atoms with Crippen LogP contribution in [0.2, 0.25) is 0 Å². The van der Waals surface area contributed by atoms with Gasteiger partial charge in [0, 0.05) is 12.1 Å². The van der Waals surface area contributed by atoms with Crippen LogP contribution in [0.3, 0.4) is 0 Å². The largest absolute Gasteiger partial charge is 0.383 e. The van der Waals surface area contributed by atoms with Crippen molar-refractivity contribution in [2.75, 3.05) is 13.1 Å². The molecule has 128 valence electrons. The van der Waals surface area contributed by atoms with E-state index in [0.29, 0.717) is 18.7 Å². The first-order valence-corrected chi connectivity index (χ1v) is 7.93. The number of carbonyl (C=O) groups is 2. The molecule has 2 amide bonds. The van der Waals surface area contributed by atoms with E-state index in [9.17, 15) is 14.7 Å². The fourth-order valence-electron chi connectivity index (χ4n) is 3.24. The number of likely N-dealkylation sites (tertiary alicyclic amines) is 1. The minimum atomic E-state index is -0.999. The molecule has 1 aliphatic heterocycles. The maximum atomic E-state index is 12.4. The number of hydrogen-bond donors (Lipinski definition) is 2. The van der Waals surface area contributed by atoms with Crippen LogP contribution in [-0.4, -0.2) is 46.2 Å². The molecule has 2 heterocycles. The summed E-state index contributed by atoms with van der Waals surface area (Å²) in [5, 5.41) is 16.6. The minimum absolute atomic E-state index is 0.0529. The molecule has 2 rings (SSSR count). The number of nitrogens with one attached hydrogen (secondary N) is 1. The summed E-state index contributed by atoms with van der Waals surface area (Å²) in [7, 11) is 0. The van der Waals surface area contributed by atoms with E-state index in [0.717, 1.165) is 24.1 Å². The molecular formula is C16H25N3O4. The number of amides is 2. The Morgan fingerprint density at radius 2 is 2.13 bits per heavy atom. The fourth-order valence-corrected chi connectivity index (χ4v) is 3.24. The highest BCUT2D eigenvalue weighted by molar-refractivity contribution is 5.87. The van der Waals surface area contributed by atoms with Crippen LogP contribution >= 0.6 is 0 Å². The van der Waals surface area contributed by atoms with Gasteiger partial charge in [-0.25, -0.2) is 0 Å². The van der Waals surface area contributed by atoms with Gasteiger partial charge in [-0.05, 0) is 47.0 Å². The third-order valence-electron chi connectivity index (χ3n) is 4.20. The van der Waals surface area contributed by atoms with Crippen molar-refractivity contribution < 1.29 is 19.2 Å². The van der Waals surface area contributed by atoms with Crippen LogP contribution in [0.4, 0.5) is 0 Å². The van der Waals surface area contributed by atoms with Crippen molar-refractivity contribution in [3.8, 4) is 0 Å². The average Bonchev–Trinajstić information content (AvgIpc) is 2.72. The molecule has 0 spiro atoms. The Balaban J connectivity index is 2.05. The van der Waals surface area contributed by atoms with Crippen molar-refractivity contribution in [3.05, 3.63) is 17.0 Å². The van der Waals surface area contributed by atoms with Crippen LogP contribution in [0.25, 0.3) is 0 Å². The van der Waals surface area contributed by atoms with Crippen LogP contribution in [0.1, 0.15) is 50.1 Å². The van der Waals surface area contributed by atoms with Gasteiger partial charge in [0.05, 0.1) is 17.8 Å². The number of carbonyl (C=O) groups excluding carboxylic acids is 2. The molecule has 0 aliphatic carbocycles. The molecule has 0 bridgehead atoms. The van der Waals surface area contributed by atoms with E-state index in [4.69, 9.17) is 4.52 Å². The maximum absolute atomic E-state index is 12.4. The van der Waals surface area contributed by atoms with Gasteiger partial charge in [-0.3, -0.25) is 9.59 Å². The summed E-state index contributed by atoms with van der Waals surface area (Å²) in [4.78, 5) is 25.9. The van der Waals surface area contributed by atoms with E-state index in [2.05, 4.69) is 10.5 Å². The Bertz CT molecular complexity index is 575. The molecule has 1 aliphatic rings. The van der Waals surface area contributed by atoms with Gasteiger partial charge in [0.25, 0.3) is 5.91 Å². The lowest BCUT2D eigenvalue weighted by atomic mass is 9.92. The van der Waals surface area contributed by atoms with E-state index in [1.165, 1.54) is 4.90 Å². The smallest absolute Gasteiger partial charge is 0.251 e. The van der Waals surface area contributed by atoms with Gasteiger partial charge in [0.1, 0.15) is 11.9 Å². The Labute approximate surface area is 136 Å². The van der Waals surface area contributed by atoms with Gasteiger partial charge in [-0.2, -0.15) is 0 Å². The Morgan fingerprint density at radius 1 is 1.43 bits per heavy atom. The summed E-state index contributed by atoms with van der Waals surface area (Å²) < 4.78 is 5.16. The van der Waals surface area contributed by atoms with Gasteiger partial charge < -0.3 is 19.8 Å². The molecule has 7 heteroatoms. The van der Waals surface area contributed by atoms with Crippen molar-refractivity contribution in [1.82, 2.24) is 15.4 Å². The van der Waals surface area contributed by atoms with Gasteiger partial charge in [0.2, 0.25) is 5.91 Å². The summed E-state index contributed by atoms with van der Waals surface area (Å²) in [6, 6.07) is 0. The van der Waals surface area contributed by atoms with Crippen LogP contribution < -0.4 is 5.32 Å². The molecular weight excluding hydrogens is 298 g/mol. The molecule has 2 N–H and O–H groups in total. The zero-order chi connectivity index (χ0) is 17.2. The Hall–Kier alpha value is -1.89. The van der Waals surface area contributed by atoms with Crippen molar-refractivity contribution in [3.63, 3.8) is 0 Å². The summed E-state index contributed by atoms with van der Waals surface area (Å²) >= 11 is 0. The number of aliphatic hydroxyl groups excluding tert-OH is 1. The number of nitrogens with zero attached hydrogens (tertiary/aromatic N) is 2. The first-order chi connectivity index (χ1) is 10.7. The molecule has 1 aromatic rings. The van der Waals surface area contributed by atoms with Crippen LogP contribution in [0.15, 0.2) is 4.52 Å². The van der Waals surface area contributed by atoms with Gasteiger partial charge in [-0.15, -0.1) is 0 Å². The molecule has 0 radical (unpaired) electrons. The molecule has 1 unspecified atom stereocenters. The lowest BCUT2D eigenvalue weighted by molar-refractivity contribution is -0.142. The topological polar surface area (TPSA) is 95.7 Å². The van der Waals surface area contributed by atoms with Crippen molar-refractivity contribution in [2.24, 2.45) is 0 Å². The Kier molecular flexibility index (Phi) is 5.09. The van der Waals surface area contributed by atoms with E-state index in [1.807, 2.05) is 20.8 Å². The monoisotopic (exact) mass is 323 g/mol. The first kappa shape index (κ1) is 17.5. The fraction of sp³-hybridized carbons (Fsp3) is 0.688. The zero-order valence-corrected chi connectivity index (χ0v) is 14.2. The maximum Gasteiger partial charge on any atom is 0.251 e. The molecule has 0 saturated carbocycles. The predicted molar refractivity (Wildman–Crippen MR) is 83.6 cm³/mol. The lowest BCUT2D eigenvalue weighted by Crippen LogP contribution is -2.49. The molecule has 1 atom stereocenters. The van der Waals surface area contributed by atoms with Gasteiger partial charge in [-0.1, -0.05) is 5.16 Å². The predicted octanol–water partition coefficient (Wildman–Crippen LogP) is 1.02. The highest BCUT2D eigenvalue weighted by Gasteiger charge is 2.32. The van der Waals surface area contributed by atoms with Crippen molar-refractivity contribution in [1.29, 1.82) is 0 Å². The average molecular weight is 323 g/mol. The first-order valence-electron chi connectivity index (χ1n) is 7.93. The second-order valence-electron chi connectivity index (χ2n) is 6.64. The standard InChI is InChI=1S/C16H25N3O4/c1-10-14(11(2)23-18-10)16(3,4)17-13(21)9-19-8-6-5-7-12(20)15(19)22/h12,20H,5-9H2,1-4H3,(H,17,21). The number of hydrogen-bond acceptors (Lipinski definition) is 5. The van der Waals surface area contributed by atoms with Gasteiger partial charge >= 0.3 is 0 Å². The summed E-state index contributed by atoms with van der Waals surface area (Å²) in [5.41, 5.74) is 0.917. The van der Waals surface area contributed by atoms with Crippen molar-refractivity contribution >= 4 is 11.8 Å². The molecule has 1 aromatic heterocycles. The quantitative estimate of drug-likeness (QED) is 0.862. The Morgan fingerprint density at radius 3 is 2.74 bits per heavy atom. The molecule has 0 aromatic carbocycles. The molecule has 23 heavy (non-hydrogen) atoms. The highest BCUT2D eigenvalue weighted by atomic mass is 16.5. The second kappa shape index (κ2) is 6.70. The third kappa shape index (κ3) is 3.90. The summed E-state index contributed by atoms with van der Waals surface area (Å²) in [6.07, 6.45) is 1.04. The van der Waals surface area contributed by atoms with Crippen LogP contribution in [0.5, 0.6) is 0 Å². The SMILES string of the molecule is Cc1noc(C)c1C(C)(C)NC(=O)CN1CCCCC(O)C1=O. The van der Waals surface area contributed by atoms with Crippen LogP contribution in [-0.2, 0) is 15.1 Å². The van der Waals surface area contributed by atoms with Crippen molar-refractivity contribution in [2.45, 2.75) is 58.6 Å². The number of rotatable bonds is 4. The molecule has 7 nitrogen and oxygen atoms in total. The number of aryl methyl sites for hydroxylation is 2. The van der Waals surface area contributed by atoms with E-state index in [-0.39, 0.29) is 18.4 Å². The zero-order valence-electron chi connectivity index (χ0n) is 14.2. The minimum Gasteiger partial charge on any atom is -0.383 e. The molecule has 1 saturated heterocycles. The van der Waals surface area contributed by atoms with E-state index < -0.39 is 11.6 Å². The van der Waals surface area contributed by atoms with E-state index in [1.54, 1.807) is 6.92 Å². The van der Waals surface area contributed by atoms with E-state index >= 15 is 0 Å². The summed E-state index contributed by atoms with van der Waals surface area (Å²) in [6.45, 7) is 7.82. The highest BCUT2D eigenvalue weighted by Crippen LogP contribution is 2.26.